The van der Waals surface area contributed by atoms with Gasteiger partial charge in [0.05, 0.1) is 6.61 Å². The Balaban J connectivity index is 2.15. The Bertz CT molecular complexity index is 533. The van der Waals surface area contributed by atoms with Crippen LogP contribution in [0.15, 0.2) is 30.6 Å². The van der Waals surface area contributed by atoms with Crippen LogP contribution in [-0.4, -0.2) is 27.3 Å². The van der Waals surface area contributed by atoms with Crippen LogP contribution in [0.4, 0.5) is 5.95 Å². The van der Waals surface area contributed by atoms with Crippen molar-refractivity contribution in [2.75, 3.05) is 12.3 Å². The van der Waals surface area contributed by atoms with Gasteiger partial charge in [-0.15, -0.1) is 10.2 Å². The summed E-state index contributed by atoms with van der Waals surface area (Å²) in [6.45, 7) is 2.69. The number of nitrogens with two attached hydrogens (primary N) is 1. The number of anilines is 1. The number of hydrogen-bond donors (Lipinski definition) is 1. The van der Waals surface area contributed by atoms with Crippen LogP contribution in [0.3, 0.4) is 0 Å². The van der Waals surface area contributed by atoms with Gasteiger partial charge in [-0.25, -0.2) is 4.57 Å². The van der Waals surface area contributed by atoms with E-state index in [1.165, 1.54) is 10.9 Å². The Hall–Kier alpha value is -2.37. The fourth-order valence-electron chi connectivity index (χ4n) is 1.45. The topological polar surface area (TPSA) is 83.0 Å². The first-order valence-corrected chi connectivity index (χ1v) is 5.65. The second kappa shape index (κ2) is 5.31. The van der Waals surface area contributed by atoms with E-state index in [0.717, 1.165) is 12.2 Å². The van der Waals surface area contributed by atoms with E-state index in [1.54, 1.807) is 24.3 Å². The minimum absolute atomic E-state index is 0.0753. The zero-order valence-electron chi connectivity index (χ0n) is 10.0. The van der Waals surface area contributed by atoms with Gasteiger partial charge >= 0.3 is 0 Å². The van der Waals surface area contributed by atoms with Gasteiger partial charge in [0, 0.05) is 5.56 Å². The highest BCUT2D eigenvalue weighted by atomic mass is 16.5. The first-order valence-electron chi connectivity index (χ1n) is 5.65. The van der Waals surface area contributed by atoms with Gasteiger partial charge in [-0.1, -0.05) is 6.92 Å². The monoisotopic (exact) mass is 246 g/mol. The fourth-order valence-corrected chi connectivity index (χ4v) is 1.45. The van der Waals surface area contributed by atoms with Gasteiger partial charge in [0.2, 0.25) is 5.95 Å². The van der Waals surface area contributed by atoms with E-state index in [1.807, 2.05) is 6.92 Å². The summed E-state index contributed by atoms with van der Waals surface area (Å²) in [5.41, 5.74) is 6.02. The maximum Gasteiger partial charge on any atom is 0.266 e. The van der Waals surface area contributed by atoms with Gasteiger partial charge in [-0.05, 0) is 30.7 Å². The lowest BCUT2D eigenvalue weighted by Gasteiger charge is -2.06. The van der Waals surface area contributed by atoms with Crippen molar-refractivity contribution in [3.63, 3.8) is 0 Å². The largest absolute Gasteiger partial charge is 0.494 e. The number of aromatic nitrogens is 3. The van der Waals surface area contributed by atoms with Crippen molar-refractivity contribution < 1.29 is 9.53 Å². The predicted octanol–water partition coefficient (Wildman–Crippen LogP) is 1.34. The second-order valence-electron chi connectivity index (χ2n) is 3.74. The maximum atomic E-state index is 12.0. The molecule has 0 saturated carbocycles. The summed E-state index contributed by atoms with van der Waals surface area (Å²) in [7, 11) is 0. The molecule has 1 aromatic carbocycles. The first kappa shape index (κ1) is 12.1. The van der Waals surface area contributed by atoms with Crippen LogP contribution >= 0.6 is 0 Å². The van der Waals surface area contributed by atoms with Crippen molar-refractivity contribution in [3.8, 4) is 5.75 Å². The normalized spacial score (nSPS) is 10.3. The number of ether oxygens (including phenoxy) is 1. The maximum absolute atomic E-state index is 12.0. The van der Waals surface area contributed by atoms with Gasteiger partial charge in [0.1, 0.15) is 12.1 Å². The Labute approximate surface area is 104 Å². The molecule has 94 valence electrons. The minimum atomic E-state index is -0.264. The molecule has 0 aliphatic heterocycles. The molecule has 1 heterocycles. The second-order valence-corrected chi connectivity index (χ2v) is 3.74. The molecule has 0 spiro atoms. The lowest BCUT2D eigenvalue weighted by molar-refractivity contribution is 0.0962. The fraction of sp³-hybridized carbons (Fsp3) is 0.250. The third-order valence-corrected chi connectivity index (χ3v) is 2.37. The van der Waals surface area contributed by atoms with E-state index in [9.17, 15) is 4.79 Å². The number of nitrogens with zero attached hydrogens (tertiary/aromatic N) is 3. The van der Waals surface area contributed by atoms with E-state index >= 15 is 0 Å². The summed E-state index contributed by atoms with van der Waals surface area (Å²) in [5.74, 6) is 0.552. The summed E-state index contributed by atoms with van der Waals surface area (Å²) < 4.78 is 6.63. The minimum Gasteiger partial charge on any atom is -0.494 e. The first-order chi connectivity index (χ1) is 8.72. The SMILES string of the molecule is CCCOc1ccc(C(=O)n2cnnc2N)cc1. The lowest BCUT2D eigenvalue weighted by Crippen LogP contribution is -2.13. The molecule has 0 radical (unpaired) electrons. The third kappa shape index (κ3) is 2.48. The van der Waals surface area contributed by atoms with Crippen LogP contribution in [0.5, 0.6) is 5.75 Å². The van der Waals surface area contributed by atoms with Crippen LogP contribution in [0.25, 0.3) is 0 Å². The molecule has 2 N–H and O–H groups in total. The standard InChI is InChI=1S/C12H14N4O2/c1-2-7-18-10-5-3-9(4-6-10)11(17)16-8-14-15-12(16)13/h3-6,8H,2,7H2,1H3,(H2,13,15). The summed E-state index contributed by atoms with van der Waals surface area (Å²) in [5, 5.41) is 7.14. The molecule has 0 bridgehead atoms. The highest BCUT2D eigenvalue weighted by molar-refractivity contribution is 5.97. The molecule has 0 amide bonds. The van der Waals surface area contributed by atoms with E-state index in [0.29, 0.717) is 12.2 Å². The molecule has 0 fully saturated rings. The van der Waals surface area contributed by atoms with Crippen molar-refractivity contribution in [3.05, 3.63) is 36.2 Å². The average Bonchev–Trinajstić information content (AvgIpc) is 2.82. The molecule has 0 aliphatic carbocycles. The average molecular weight is 246 g/mol. The van der Waals surface area contributed by atoms with Crippen LogP contribution in [0, 0.1) is 0 Å². The van der Waals surface area contributed by atoms with Crippen molar-refractivity contribution in [1.82, 2.24) is 14.8 Å². The third-order valence-electron chi connectivity index (χ3n) is 2.37. The molecule has 2 aromatic rings. The molecule has 18 heavy (non-hydrogen) atoms. The molecule has 6 heteroatoms. The van der Waals surface area contributed by atoms with Gasteiger partial charge in [-0.2, -0.15) is 0 Å². The molecule has 0 aliphatic rings. The Kier molecular flexibility index (Phi) is 3.57. The molecule has 0 saturated heterocycles. The smallest absolute Gasteiger partial charge is 0.266 e. The van der Waals surface area contributed by atoms with E-state index < -0.39 is 0 Å². The molecular formula is C12H14N4O2. The zero-order chi connectivity index (χ0) is 13.0. The van der Waals surface area contributed by atoms with Gasteiger partial charge < -0.3 is 10.5 Å². The molecule has 2 rings (SSSR count). The van der Waals surface area contributed by atoms with Gasteiger partial charge in [0.15, 0.2) is 0 Å². The van der Waals surface area contributed by atoms with Gasteiger partial charge in [0.25, 0.3) is 5.91 Å². The van der Waals surface area contributed by atoms with Crippen LogP contribution < -0.4 is 10.5 Å². The number of benzene rings is 1. The molecule has 0 atom stereocenters. The summed E-state index contributed by atoms with van der Waals surface area (Å²) in [6.07, 6.45) is 2.23. The summed E-state index contributed by atoms with van der Waals surface area (Å²) in [6, 6.07) is 6.88. The van der Waals surface area contributed by atoms with Crippen LogP contribution in [0.2, 0.25) is 0 Å². The number of carbonyl (C=O) groups excluding carboxylic acids is 1. The Morgan fingerprint density at radius 2 is 2.11 bits per heavy atom. The highest BCUT2D eigenvalue weighted by Gasteiger charge is 2.11. The molecule has 6 nitrogen and oxygen atoms in total. The van der Waals surface area contributed by atoms with Crippen LogP contribution in [0.1, 0.15) is 23.7 Å². The molecular weight excluding hydrogens is 232 g/mol. The summed E-state index contributed by atoms with van der Waals surface area (Å²) in [4.78, 5) is 12.0. The molecule has 1 aromatic heterocycles. The van der Waals surface area contributed by atoms with E-state index in [4.69, 9.17) is 10.5 Å². The number of hydrogen-bond acceptors (Lipinski definition) is 5. The van der Waals surface area contributed by atoms with E-state index in [2.05, 4.69) is 10.2 Å². The van der Waals surface area contributed by atoms with Crippen molar-refractivity contribution in [1.29, 1.82) is 0 Å². The summed E-state index contributed by atoms with van der Waals surface area (Å²) >= 11 is 0. The zero-order valence-corrected chi connectivity index (χ0v) is 10.0. The molecule has 0 unspecified atom stereocenters. The predicted molar refractivity (Wildman–Crippen MR) is 66.4 cm³/mol. The highest BCUT2D eigenvalue weighted by Crippen LogP contribution is 2.14. The number of rotatable bonds is 4. The Morgan fingerprint density at radius 3 is 2.67 bits per heavy atom. The van der Waals surface area contributed by atoms with Crippen molar-refractivity contribution >= 4 is 11.9 Å². The lowest BCUT2D eigenvalue weighted by atomic mass is 10.2. The van der Waals surface area contributed by atoms with Gasteiger partial charge in [-0.3, -0.25) is 4.79 Å². The van der Waals surface area contributed by atoms with E-state index in [-0.39, 0.29) is 11.9 Å². The number of nitrogen functional groups attached to an aromatic ring is 1. The quantitative estimate of drug-likeness (QED) is 0.880. The van der Waals surface area contributed by atoms with Crippen molar-refractivity contribution in [2.45, 2.75) is 13.3 Å². The van der Waals surface area contributed by atoms with Crippen molar-refractivity contribution in [2.24, 2.45) is 0 Å². The number of carbonyl (C=O) groups is 1. The van der Waals surface area contributed by atoms with Crippen LogP contribution in [-0.2, 0) is 0 Å². The Morgan fingerprint density at radius 1 is 1.39 bits per heavy atom.